The number of nitro groups is 1. The van der Waals surface area contributed by atoms with Gasteiger partial charge in [0, 0.05) is 18.6 Å². The molecule has 0 bridgehead atoms. The molecule has 1 aromatic carbocycles. The second-order valence-electron chi connectivity index (χ2n) is 4.04. The summed E-state index contributed by atoms with van der Waals surface area (Å²) in [7, 11) is 0. The van der Waals surface area contributed by atoms with E-state index in [2.05, 4.69) is 0 Å². The van der Waals surface area contributed by atoms with Gasteiger partial charge in [0.25, 0.3) is 5.69 Å². The summed E-state index contributed by atoms with van der Waals surface area (Å²) in [6.07, 6.45) is 0.437. The molecule has 5 heteroatoms. The molecule has 0 saturated heterocycles. The average Bonchev–Trinajstić information content (AvgIpc) is 2.29. The third-order valence-corrected chi connectivity index (χ3v) is 2.61. The van der Waals surface area contributed by atoms with Crippen LogP contribution in [-0.4, -0.2) is 21.2 Å². The third kappa shape index (κ3) is 4.13. The summed E-state index contributed by atoms with van der Waals surface area (Å²) in [6, 6.07) is 5.73. The summed E-state index contributed by atoms with van der Waals surface area (Å²) < 4.78 is 0. The van der Waals surface area contributed by atoms with Crippen LogP contribution in [0.25, 0.3) is 0 Å². The molecule has 0 aliphatic carbocycles. The fourth-order valence-corrected chi connectivity index (χ4v) is 1.66. The van der Waals surface area contributed by atoms with Crippen LogP contribution in [0.15, 0.2) is 24.3 Å². The topological polar surface area (TPSA) is 83.6 Å². The van der Waals surface area contributed by atoms with Gasteiger partial charge in [-0.15, -0.1) is 0 Å². The zero-order valence-electron chi connectivity index (χ0n) is 9.74. The van der Waals surface area contributed by atoms with E-state index < -0.39 is 17.1 Å². The van der Waals surface area contributed by atoms with Gasteiger partial charge in [-0.1, -0.05) is 13.3 Å². The van der Waals surface area contributed by atoms with E-state index in [1.807, 2.05) is 6.92 Å². The Labute approximate surface area is 99.9 Å². The molecule has 5 nitrogen and oxygen atoms in total. The van der Waals surface area contributed by atoms with Crippen LogP contribution in [0.5, 0.6) is 0 Å². The number of hydrogen-bond acceptors (Lipinski definition) is 4. The molecule has 94 valence electrons. The zero-order chi connectivity index (χ0) is 12.8. The van der Waals surface area contributed by atoms with Crippen molar-refractivity contribution in [2.45, 2.75) is 38.4 Å². The van der Waals surface area contributed by atoms with Crippen LogP contribution in [0.1, 0.15) is 37.9 Å². The summed E-state index contributed by atoms with van der Waals surface area (Å²) in [5, 5.41) is 29.8. The molecule has 0 fully saturated rings. The van der Waals surface area contributed by atoms with Crippen molar-refractivity contribution < 1.29 is 15.1 Å². The van der Waals surface area contributed by atoms with Crippen molar-refractivity contribution in [1.82, 2.24) is 0 Å². The molecular weight excluding hydrogens is 222 g/mol. The molecule has 0 spiro atoms. The van der Waals surface area contributed by atoms with E-state index in [-0.39, 0.29) is 12.1 Å². The number of hydrogen-bond donors (Lipinski definition) is 2. The summed E-state index contributed by atoms with van der Waals surface area (Å²) in [5.74, 6) is 0. The van der Waals surface area contributed by atoms with Gasteiger partial charge in [-0.05, 0) is 24.1 Å². The fourth-order valence-electron chi connectivity index (χ4n) is 1.66. The normalized spacial score (nSPS) is 14.3. The Bertz CT molecular complexity index is 363. The van der Waals surface area contributed by atoms with Gasteiger partial charge in [-0.2, -0.15) is 0 Å². The molecule has 0 aliphatic rings. The average molecular weight is 239 g/mol. The highest BCUT2D eigenvalue weighted by molar-refractivity contribution is 5.33. The van der Waals surface area contributed by atoms with Gasteiger partial charge in [0.15, 0.2) is 0 Å². The summed E-state index contributed by atoms with van der Waals surface area (Å²) in [4.78, 5) is 9.96. The highest BCUT2D eigenvalue weighted by atomic mass is 16.6. The molecule has 2 atom stereocenters. The first-order valence-electron chi connectivity index (χ1n) is 5.65. The Morgan fingerprint density at radius 2 is 1.88 bits per heavy atom. The summed E-state index contributed by atoms with van der Waals surface area (Å²) >= 11 is 0. The number of aliphatic hydroxyl groups excluding tert-OH is 2. The van der Waals surface area contributed by atoms with Gasteiger partial charge >= 0.3 is 0 Å². The fraction of sp³-hybridized carbons (Fsp3) is 0.500. The maximum Gasteiger partial charge on any atom is 0.269 e. The lowest BCUT2D eigenvalue weighted by Gasteiger charge is -2.15. The van der Waals surface area contributed by atoms with Crippen LogP contribution in [0.4, 0.5) is 5.69 Å². The van der Waals surface area contributed by atoms with Crippen LogP contribution in [0.2, 0.25) is 0 Å². The number of benzene rings is 1. The van der Waals surface area contributed by atoms with Crippen molar-refractivity contribution >= 4 is 5.69 Å². The van der Waals surface area contributed by atoms with E-state index in [0.29, 0.717) is 12.0 Å². The van der Waals surface area contributed by atoms with Crippen molar-refractivity contribution in [3.63, 3.8) is 0 Å². The Hall–Kier alpha value is -1.46. The molecule has 0 aromatic heterocycles. The second kappa shape index (κ2) is 6.32. The maximum absolute atomic E-state index is 10.4. The zero-order valence-corrected chi connectivity index (χ0v) is 9.74. The first kappa shape index (κ1) is 13.6. The van der Waals surface area contributed by atoms with E-state index in [4.69, 9.17) is 0 Å². The molecule has 0 amide bonds. The minimum Gasteiger partial charge on any atom is -0.393 e. The van der Waals surface area contributed by atoms with Crippen LogP contribution in [0, 0.1) is 10.1 Å². The predicted octanol–water partition coefficient (Wildman–Crippen LogP) is 2.18. The first-order chi connectivity index (χ1) is 8.04. The van der Waals surface area contributed by atoms with Crippen molar-refractivity contribution in [1.29, 1.82) is 0 Å². The minimum absolute atomic E-state index is 0.00458. The number of nitro benzene ring substituents is 1. The number of nitrogens with zero attached hydrogens (tertiary/aromatic N) is 1. The van der Waals surface area contributed by atoms with Gasteiger partial charge < -0.3 is 10.2 Å². The Kier molecular flexibility index (Phi) is 5.06. The monoisotopic (exact) mass is 239 g/mol. The lowest BCUT2D eigenvalue weighted by molar-refractivity contribution is -0.384. The van der Waals surface area contributed by atoms with Gasteiger partial charge in [0.05, 0.1) is 17.1 Å². The van der Waals surface area contributed by atoms with Gasteiger partial charge in [-0.25, -0.2) is 0 Å². The first-order valence-corrected chi connectivity index (χ1v) is 5.65. The van der Waals surface area contributed by atoms with Crippen LogP contribution in [0.3, 0.4) is 0 Å². The van der Waals surface area contributed by atoms with E-state index in [1.165, 1.54) is 24.3 Å². The standard InChI is InChI=1S/C12H17NO4/c1-2-3-11(14)8-12(15)9-4-6-10(7-5-9)13(16)17/h4-7,11-12,14-15H,2-3,8H2,1H3. The molecule has 1 aromatic rings. The van der Waals surface area contributed by atoms with Gasteiger partial charge in [0.1, 0.15) is 0 Å². The maximum atomic E-state index is 10.4. The quantitative estimate of drug-likeness (QED) is 0.588. The van der Waals surface area contributed by atoms with E-state index in [1.54, 1.807) is 0 Å². The molecule has 2 unspecified atom stereocenters. The van der Waals surface area contributed by atoms with Gasteiger partial charge in [-0.3, -0.25) is 10.1 Å². The van der Waals surface area contributed by atoms with Crippen molar-refractivity contribution in [3.05, 3.63) is 39.9 Å². The highest BCUT2D eigenvalue weighted by Crippen LogP contribution is 2.22. The van der Waals surface area contributed by atoms with Crippen molar-refractivity contribution in [2.24, 2.45) is 0 Å². The third-order valence-electron chi connectivity index (χ3n) is 2.61. The largest absolute Gasteiger partial charge is 0.393 e. The SMILES string of the molecule is CCCC(O)CC(O)c1ccc([N+](=O)[O-])cc1. The summed E-state index contributed by atoms with van der Waals surface area (Å²) in [6.45, 7) is 1.96. The van der Waals surface area contributed by atoms with Crippen molar-refractivity contribution in [3.8, 4) is 0 Å². The van der Waals surface area contributed by atoms with Crippen molar-refractivity contribution in [2.75, 3.05) is 0 Å². The molecule has 17 heavy (non-hydrogen) atoms. The van der Waals surface area contributed by atoms with Gasteiger partial charge in [0.2, 0.25) is 0 Å². The number of rotatable bonds is 6. The molecule has 0 aliphatic heterocycles. The molecule has 2 N–H and O–H groups in total. The second-order valence-corrected chi connectivity index (χ2v) is 4.04. The molecule has 1 rings (SSSR count). The number of non-ortho nitro benzene ring substituents is 1. The van der Waals surface area contributed by atoms with Crippen LogP contribution < -0.4 is 0 Å². The highest BCUT2D eigenvalue weighted by Gasteiger charge is 2.14. The van der Waals surface area contributed by atoms with Crippen LogP contribution >= 0.6 is 0 Å². The molecule has 0 radical (unpaired) electrons. The lowest BCUT2D eigenvalue weighted by Crippen LogP contribution is -2.11. The smallest absolute Gasteiger partial charge is 0.269 e. The Morgan fingerprint density at radius 1 is 1.29 bits per heavy atom. The van der Waals surface area contributed by atoms with E-state index >= 15 is 0 Å². The minimum atomic E-state index is -0.780. The Balaban J connectivity index is 2.63. The molecular formula is C12H17NO4. The Morgan fingerprint density at radius 3 is 2.35 bits per heavy atom. The van der Waals surface area contributed by atoms with E-state index in [0.717, 1.165) is 6.42 Å². The number of aliphatic hydroxyl groups is 2. The molecule has 0 heterocycles. The predicted molar refractivity (Wildman–Crippen MR) is 63.6 cm³/mol. The summed E-state index contributed by atoms with van der Waals surface area (Å²) in [5.41, 5.74) is 0.584. The van der Waals surface area contributed by atoms with Crippen LogP contribution in [-0.2, 0) is 0 Å². The lowest BCUT2D eigenvalue weighted by atomic mass is 10.0. The van der Waals surface area contributed by atoms with E-state index in [9.17, 15) is 20.3 Å². The molecule has 0 saturated carbocycles.